The van der Waals surface area contributed by atoms with Gasteiger partial charge in [-0.2, -0.15) is 0 Å². The first-order valence-corrected chi connectivity index (χ1v) is 7.17. The Morgan fingerprint density at radius 1 is 1.05 bits per heavy atom. The lowest BCUT2D eigenvalue weighted by Gasteiger charge is -2.11. The molecule has 106 valence electrons. The monoisotopic (exact) mass is 269 g/mol. The largest absolute Gasteiger partial charge is 0.320 e. The van der Waals surface area contributed by atoms with Crippen molar-refractivity contribution in [3.63, 3.8) is 0 Å². The topological polar surface area (TPSA) is 37.8 Å². The predicted octanol–water partition coefficient (Wildman–Crippen LogP) is 3.22. The van der Waals surface area contributed by atoms with Crippen LogP contribution in [0.25, 0.3) is 11.4 Å². The maximum atomic E-state index is 4.69. The summed E-state index contributed by atoms with van der Waals surface area (Å²) in [5.74, 6) is 0.834. The van der Waals surface area contributed by atoms with Gasteiger partial charge in [-0.05, 0) is 58.8 Å². The highest BCUT2D eigenvalue weighted by molar-refractivity contribution is 5.56. The second kappa shape index (κ2) is 6.62. The first-order chi connectivity index (χ1) is 9.61. The van der Waals surface area contributed by atoms with Crippen molar-refractivity contribution in [2.75, 3.05) is 13.6 Å². The van der Waals surface area contributed by atoms with Gasteiger partial charge in [-0.15, -0.1) is 0 Å². The van der Waals surface area contributed by atoms with Gasteiger partial charge < -0.3 is 5.32 Å². The fraction of sp³-hybridized carbons (Fsp3) is 0.412. The van der Waals surface area contributed by atoms with Crippen molar-refractivity contribution in [2.24, 2.45) is 0 Å². The second-order valence-electron chi connectivity index (χ2n) is 5.27. The maximum Gasteiger partial charge on any atom is 0.159 e. The molecule has 0 atom stereocenters. The molecule has 0 fully saturated rings. The number of rotatable bonds is 5. The summed E-state index contributed by atoms with van der Waals surface area (Å²) >= 11 is 0. The molecule has 0 spiro atoms. The molecule has 1 N–H and O–H groups in total. The van der Waals surface area contributed by atoms with Gasteiger partial charge in [0.1, 0.15) is 0 Å². The Bertz CT molecular complexity index is 568. The van der Waals surface area contributed by atoms with Crippen LogP contribution in [0, 0.1) is 20.8 Å². The Balaban J connectivity index is 2.30. The minimum absolute atomic E-state index is 0.834. The van der Waals surface area contributed by atoms with Gasteiger partial charge in [-0.1, -0.05) is 23.8 Å². The van der Waals surface area contributed by atoms with E-state index in [1.165, 1.54) is 11.1 Å². The van der Waals surface area contributed by atoms with Gasteiger partial charge in [0.05, 0.1) is 0 Å². The summed E-state index contributed by atoms with van der Waals surface area (Å²) in [6.45, 7) is 7.29. The Kier molecular flexibility index (Phi) is 4.85. The van der Waals surface area contributed by atoms with Gasteiger partial charge in [0.25, 0.3) is 0 Å². The highest BCUT2D eigenvalue weighted by atomic mass is 14.9. The molecular formula is C17H23N3. The molecule has 0 aliphatic carbocycles. The van der Waals surface area contributed by atoms with Gasteiger partial charge >= 0.3 is 0 Å². The number of aromatic nitrogens is 2. The van der Waals surface area contributed by atoms with Crippen molar-refractivity contribution in [1.82, 2.24) is 15.3 Å². The molecule has 0 amide bonds. The Hall–Kier alpha value is -1.74. The number of nitrogens with one attached hydrogen (secondary N) is 1. The van der Waals surface area contributed by atoms with E-state index in [0.717, 1.165) is 42.2 Å². The highest BCUT2D eigenvalue weighted by Crippen LogP contribution is 2.20. The van der Waals surface area contributed by atoms with E-state index in [2.05, 4.69) is 50.4 Å². The van der Waals surface area contributed by atoms with E-state index in [9.17, 15) is 0 Å². The molecule has 2 aromatic rings. The van der Waals surface area contributed by atoms with Crippen LogP contribution in [-0.4, -0.2) is 23.6 Å². The van der Waals surface area contributed by atoms with Crippen LogP contribution in [-0.2, 0) is 6.42 Å². The number of hydrogen-bond acceptors (Lipinski definition) is 3. The molecule has 0 saturated heterocycles. The van der Waals surface area contributed by atoms with E-state index < -0.39 is 0 Å². The van der Waals surface area contributed by atoms with E-state index in [-0.39, 0.29) is 0 Å². The predicted molar refractivity (Wildman–Crippen MR) is 83.9 cm³/mol. The molecular weight excluding hydrogens is 246 g/mol. The third kappa shape index (κ3) is 3.42. The van der Waals surface area contributed by atoms with Crippen LogP contribution in [0.3, 0.4) is 0 Å². The summed E-state index contributed by atoms with van der Waals surface area (Å²) in [5, 5.41) is 3.18. The minimum atomic E-state index is 0.834. The lowest BCUT2D eigenvalue weighted by atomic mass is 10.1. The lowest BCUT2D eigenvalue weighted by Crippen LogP contribution is -2.10. The summed E-state index contributed by atoms with van der Waals surface area (Å²) in [4.78, 5) is 9.39. The van der Waals surface area contributed by atoms with Crippen molar-refractivity contribution >= 4 is 0 Å². The minimum Gasteiger partial charge on any atom is -0.320 e. The summed E-state index contributed by atoms with van der Waals surface area (Å²) in [7, 11) is 1.98. The fourth-order valence-corrected chi connectivity index (χ4v) is 2.46. The molecule has 20 heavy (non-hydrogen) atoms. The third-order valence-corrected chi connectivity index (χ3v) is 3.55. The first-order valence-electron chi connectivity index (χ1n) is 7.17. The van der Waals surface area contributed by atoms with Crippen LogP contribution < -0.4 is 5.32 Å². The van der Waals surface area contributed by atoms with Crippen LogP contribution in [0.4, 0.5) is 0 Å². The van der Waals surface area contributed by atoms with E-state index in [0.29, 0.717) is 0 Å². The van der Waals surface area contributed by atoms with Crippen molar-refractivity contribution in [3.8, 4) is 11.4 Å². The third-order valence-electron chi connectivity index (χ3n) is 3.55. The standard InChI is InChI=1S/C17H23N3/c1-12-7-5-8-15(11-12)17-19-13(2)16(14(3)20-17)9-6-10-18-4/h5,7-8,11,18H,6,9-10H2,1-4H3. The van der Waals surface area contributed by atoms with Gasteiger partial charge in [0.2, 0.25) is 0 Å². The van der Waals surface area contributed by atoms with Crippen LogP contribution in [0.2, 0.25) is 0 Å². The average molecular weight is 269 g/mol. The molecule has 2 rings (SSSR count). The molecule has 0 aliphatic rings. The zero-order valence-corrected chi connectivity index (χ0v) is 12.8. The van der Waals surface area contributed by atoms with E-state index in [1.54, 1.807) is 0 Å². The fourth-order valence-electron chi connectivity index (χ4n) is 2.46. The lowest BCUT2D eigenvalue weighted by molar-refractivity contribution is 0.715. The van der Waals surface area contributed by atoms with Crippen molar-refractivity contribution < 1.29 is 0 Å². The molecule has 1 heterocycles. The van der Waals surface area contributed by atoms with E-state index >= 15 is 0 Å². The molecule has 0 bridgehead atoms. The number of nitrogens with zero attached hydrogens (tertiary/aromatic N) is 2. The van der Waals surface area contributed by atoms with Crippen LogP contribution in [0.1, 0.15) is 28.9 Å². The van der Waals surface area contributed by atoms with Gasteiger partial charge in [-0.3, -0.25) is 0 Å². The molecule has 1 aromatic carbocycles. The van der Waals surface area contributed by atoms with Gasteiger partial charge in [-0.25, -0.2) is 9.97 Å². The Morgan fingerprint density at radius 3 is 2.35 bits per heavy atom. The second-order valence-corrected chi connectivity index (χ2v) is 5.27. The summed E-state index contributed by atoms with van der Waals surface area (Å²) in [6.07, 6.45) is 2.15. The molecule has 0 unspecified atom stereocenters. The molecule has 0 saturated carbocycles. The molecule has 3 nitrogen and oxygen atoms in total. The van der Waals surface area contributed by atoms with Crippen molar-refractivity contribution in [3.05, 3.63) is 46.8 Å². The zero-order chi connectivity index (χ0) is 14.5. The quantitative estimate of drug-likeness (QED) is 0.847. The molecule has 0 aliphatic heterocycles. The average Bonchev–Trinajstić information content (AvgIpc) is 2.41. The van der Waals surface area contributed by atoms with Crippen LogP contribution >= 0.6 is 0 Å². The van der Waals surface area contributed by atoms with Crippen molar-refractivity contribution in [1.29, 1.82) is 0 Å². The Labute approximate surface area is 121 Å². The smallest absolute Gasteiger partial charge is 0.159 e. The number of hydrogen-bond donors (Lipinski definition) is 1. The zero-order valence-electron chi connectivity index (χ0n) is 12.8. The highest BCUT2D eigenvalue weighted by Gasteiger charge is 2.09. The first kappa shape index (κ1) is 14.7. The maximum absolute atomic E-state index is 4.69. The molecule has 1 aromatic heterocycles. The van der Waals surface area contributed by atoms with Gasteiger partial charge in [0, 0.05) is 17.0 Å². The van der Waals surface area contributed by atoms with Crippen LogP contribution in [0.15, 0.2) is 24.3 Å². The summed E-state index contributed by atoms with van der Waals surface area (Å²) in [5.41, 5.74) is 5.82. The number of aryl methyl sites for hydroxylation is 3. The molecule has 3 heteroatoms. The SMILES string of the molecule is CNCCCc1c(C)nc(-c2cccc(C)c2)nc1C. The molecule has 0 radical (unpaired) electrons. The Morgan fingerprint density at radius 2 is 1.75 bits per heavy atom. The normalized spacial score (nSPS) is 10.8. The van der Waals surface area contributed by atoms with E-state index in [1.807, 2.05) is 7.05 Å². The van der Waals surface area contributed by atoms with Gasteiger partial charge in [0.15, 0.2) is 5.82 Å². The van der Waals surface area contributed by atoms with E-state index in [4.69, 9.17) is 9.97 Å². The summed E-state index contributed by atoms with van der Waals surface area (Å²) < 4.78 is 0. The number of benzene rings is 1. The van der Waals surface area contributed by atoms with Crippen molar-refractivity contribution in [2.45, 2.75) is 33.6 Å². The summed E-state index contributed by atoms with van der Waals surface area (Å²) in [6, 6.07) is 8.35. The van der Waals surface area contributed by atoms with Crippen LogP contribution in [0.5, 0.6) is 0 Å².